The third kappa shape index (κ3) is 4.58. The smallest absolute Gasteiger partial charge is 0.395 e. The average Bonchev–Trinajstić information content (AvgIpc) is 3.33. The second-order valence-corrected chi connectivity index (χ2v) is 7.82. The van der Waals surface area contributed by atoms with Gasteiger partial charge in [0.1, 0.15) is 10.6 Å². The summed E-state index contributed by atoms with van der Waals surface area (Å²) in [5.41, 5.74) is -0.207. The fourth-order valence-corrected chi connectivity index (χ4v) is 3.92. The van der Waals surface area contributed by atoms with Crippen molar-refractivity contribution in [1.82, 2.24) is 0 Å². The number of carbonyl (C=O) groups excluding carboxylic acids is 1. The lowest BCUT2D eigenvalue weighted by Crippen LogP contribution is -2.47. The summed E-state index contributed by atoms with van der Waals surface area (Å²) < 4.78 is 73.5. The van der Waals surface area contributed by atoms with E-state index < -0.39 is 51.5 Å². The Labute approximate surface area is 198 Å². The largest absolute Gasteiger partial charge is 0.433 e. The molecule has 0 spiro atoms. The quantitative estimate of drug-likeness (QED) is 0.166. The molecule has 3 aromatic rings. The minimum absolute atomic E-state index is 0.0511. The summed E-state index contributed by atoms with van der Waals surface area (Å²) >= 11 is 6.32. The molecule has 0 atom stereocenters. The molecule has 2 aromatic carbocycles. The van der Waals surface area contributed by atoms with Crippen molar-refractivity contribution < 1.29 is 36.1 Å². The van der Waals surface area contributed by atoms with E-state index in [1.165, 1.54) is 12.1 Å². The molecule has 14 heteroatoms. The molecule has 0 saturated carbocycles. The lowest BCUT2D eigenvalue weighted by Gasteiger charge is -2.38. The van der Waals surface area contributed by atoms with E-state index in [0.717, 1.165) is 17.0 Å². The summed E-state index contributed by atoms with van der Waals surface area (Å²) in [6, 6.07) is 6.68. The van der Waals surface area contributed by atoms with E-state index in [1.807, 2.05) is 0 Å². The van der Waals surface area contributed by atoms with Gasteiger partial charge < -0.3 is 19.5 Å². The van der Waals surface area contributed by atoms with Crippen LogP contribution in [0, 0.1) is 39.2 Å². The Morgan fingerprint density at radius 3 is 2.03 bits per heavy atom. The van der Waals surface area contributed by atoms with Crippen molar-refractivity contribution in [3.63, 3.8) is 0 Å². The first kappa shape index (κ1) is 24.3. The van der Waals surface area contributed by atoms with Crippen LogP contribution in [0.5, 0.6) is 0 Å². The number of amides is 1. The number of benzene rings is 2. The van der Waals surface area contributed by atoms with Crippen LogP contribution in [0.2, 0.25) is 5.02 Å². The van der Waals surface area contributed by atoms with E-state index in [0.29, 0.717) is 5.69 Å². The third-order valence-electron chi connectivity index (χ3n) is 5.32. The van der Waals surface area contributed by atoms with Gasteiger partial charge in [-0.1, -0.05) is 11.6 Å². The topological polar surface area (TPSA) is 91.9 Å². The van der Waals surface area contributed by atoms with Gasteiger partial charge in [0.2, 0.25) is 5.82 Å². The molecular formula is C21H14ClF5N4O4. The zero-order valence-electron chi connectivity index (χ0n) is 17.5. The molecule has 8 nitrogen and oxygen atoms in total. The molecule has 35 heavy (non-hydrogen) atoms. The third-order valence-corrected chi connectivity index (χ3v) is 5.63. The number of furan rings is 1. The lowest BCUT2D eigenvalue weighted by molar-refractivity contribution is -0.402. The van der Waals surface area contributed by atoms with Crippen molar-refractivity contribution >= 4 is 40.5 Å². The van der Waals surface area contributed by atoms with Crippen LogP contribution in [0.15, 0.2) is 34.7 Å². The van der Waals surface area contributed by atoms with Gasteiger partial charge in [-0.25, -0.2) is 22.0 Å². The molecule has 1 saturated heterocycles. The minimum Gasteiger partial charge on any atom is -0.395 e. The summed E-state index contributed by atoms with van der Waals surface area (Å²) in [5, 5.41) is 13.4. The molecule has 4 rings (SSSR count). The van der Waals surface area contributed by atoms with Crippen molar-refractivity contribution in [3.05, 3.63) is 80.3 Å². The van der Waals surface area contributed by atoms with E-state index in [1.54, 1.807) is 11.0 Å². The number of nitro groups is 1. The maximum absolute atomic E-state index is 14.1. The standard InChI is InChI=1S/C21H14ClF5N4O4/c22-11-9-10(28-21(32)13-3-4-14(35-13)31(33)34)1-2-12(11)29-5-7-30(8-6-29)20-18(26)16(24)15(23)17(25)19(20)27/h1-4,9H,5-8H2,(H,28,32). The van der Waals surface area contributed by atoms with Gasteiger partial charge in [0.25, 0.3) is 5.91 Å². The second kappa shape index (κ2) is 9.41. The molecular weight excluding hydrogens is 503 g/mol. The maximum atomic E-state index is 14.1. The van der Waals surface area contributed by atoms with Crippen LogP contribution in [0.3, 0.4) is 0 Å². The summed E-state index contributed by atoms with van der Waals surface area (Å²) in [5.74, 6) is -11.6. The molecule has 0 aliphatic carbocycles. The summed E-state index contributed by atoms with van der Waals surface area (Å²) in [6.07, 6.45) is 0. The Bertz CT molecular complexity index is 1300. The van der Waals surface area contributed by atoms with Crippen LogP contribution in [-0.4, -0.2) is 37.0 Å². The first-order chi connectivity index (χ1) is 16.6. The SMILES string of the molecule is O=C(Nc1ccc(N2CCN(c3c(F)c(F)c(F)c(F)c3F)CC2)c(Cl)c1)c1ccc([N+](=O)[O-])o1. The zero-order chi connectivity index (χ0) is 25.4. The molecule has 0 unspecified atom stereocenters. The van der Waals surface area contributed by atoms with Crippen molar-refractivity contribution in [2.45, 2.75) is 0 Å². The molecule has 184 valence electrons. The van der Waals surface area contributed by atoms with E-state index >= 15 is 0 Å². The minimum atomic E-state index is -2.22. The molecule has 1 aliphatic rings. The molecule has 1 fully saturated rings. The van der Waals surface area contributed by atoms with Gasteiger partial charge in [-0.05, 0) is 24.3 Å². The number of anilines is 3. The van der Waals surface area contributed by atoms with Gasteiger partial charge in [0.05, 0.1) is 16.8 Å². The van der Waals surface area contributed by atoms with E-state index in [4.69, 9.17) is 16.0 Å². The fourth-order valence-electron chi connectivity index (χ4n) is 3.62. The number of piperazine rings is 1. The Kier molecular flexibility index (Phi) is 6.52. The Hall–Kier alpha value is -3.87. The van der Waals surface area contributed by atoms with Crippen molar-refractivity contribution in [1.29, 1.82) is 0 Å². The number of nitrogens with zero attached hydrogens (tertiary/aromatic N) is 3. The van der Waals surface area contributed by atoms with Gasteiger partial charge in [-0.15, -0.1) is 0 Å². The lowest BCUT2D eigenvalue weighted by atomic mass is 10.2. The monoisotopic (exact) mass is 516 g/mol. The normalized spacial score (nSPS) is 13.8. The van der Waals surface area contributed by atoms with Crippen LogP contribution in [-0.2, 0) is 0 Å². The van der Waals surface area contributed by atoms with Crippen LogP contribution in [0.25, 0.3) is 0 Å². The van der Waals surface area contributed by atoms with Crippen molar-refractivity contribution in [2.75, 3.05) is 41.3 Å². The van der Waals surface area contributed by atoms with Crippen molar-refractivity contribution in [3.8, 4) is 0 Å². The van der Waals surface area contributed by atoms with Crippen LogP contribution < -0.4 is 15.1 Å². The molecule has 0 radical (unpaired) electrons. The number of hydrogen-bond donors (Lipinski definition) is 1. The molecule has 1 aliphatic heterocycles. The van der Waals surface area contributed by atoms with E-state index in [9.17, 15) is 36.9 Å². The molecule has 1 aromatic heterocycles. The highest BCUT2D eigenvalue weighted by molar-refractivity contribution is 6.33. The van der Waals surface area contributed by atoms with E-state index in [2.05, 4.69) is 5.32 Å². The molecule has 2 heterocycles. The van der Waals surface area contributed by atoms with Crippen LogP contribution >= 0.6 is 11.6 Å². The molecule has 0 bridgehead atoms. The van der Waals surface area contributed by atoms with Gasteiger partial charge in [0.15, 0.2) is 29.0 Å². The molecule has 1 N–H and O–H groups in total. The highest BCUT2D eigenvalue weighted by atomic mass is 35.5. The van der Waals surface area contributed by atoms with E-state index in [-0.39, 0.29) is 42.6 Å². The predicted octanol–water partition coefficient (Wildman–Crippen LogP) is 5.12. The fraction of sp³-hybridized carbons (Fsp3) is 0.190. The number of rotatable bonds is 5. The molecule has 1 amide bonds. The first-order valence-electron chi connectivity index (χ1n) is 9.95. The van der Waals surface area contributed by atoms with Gasteiger partial charge >= 0.3 is 5.88 Å². The number of carbonyl (C=O) groups is 1. The number of hydrogen-bond acceptors (Lipinski definition) is 6. The predicted molar refractivity (Wildman–Crippen MR) is 115 cm³/mol. The van der Waals surface area contributed by atoms with Gasteiger partial charge in [-0.3, -0.25) is 14.9 Å². The van der Waals surface area contributed by atoms with Crippen molar-refractivity contribution in [2.24, 2.45) is 0 Å². The van der Waals surface area contributed by atoms with Crippen LogP contribution in [0.1, 0.15) is 10.6 Å². The zero-order valence-corrected chi connectivity index (χ0v) is 18.2. The summed E-state index contributed by atoms with van der Waals surface area (Å²) in [7, 11) is 0. The number of nitrogens with one attached hydrogen (secondary N) is 1. The Balaban J connectivity index is 1.44. The first-order valence-corrected chi connectivity index (χ1v) is 10.3. The second-order valence-electron chi connectivity index (χ2n) is 7.41. The maximum Gasteiger partial charge on any atom is 0.433 e. The highest BCUT2D eigenvalue weighted by Crippen LogP contribution is 2.33. The summed E-state index contributed by atoms with van der Waals surface area (Å²) in [6.45, 7) is 0.205. The Morgan fingerprint density at radius 1 is 0.914 bits per heavy atom. The highest BCUT2D eigenvalue weighted by Gasteiger charge is 2.31. The van der Waals surface area contributed by atoms with Gasteiger partial charge in [0, 0.05) is 31.9 Å². The average molecular weight is 517 g/mol. The van der Waals surface area contributed by atoms with Gasteiger partial charge in [-0.2, -0.15) is 0 Å². The number of halogens is 6. The Morgan fingerprint density at radius 2 is 1.49 bits per heavy atom. The van der Waals surface area contributed by atoms with Crippen LogP contribution in [0.4, 0.5) is 44.9 Å². The summed E-state index contributed by atoms with van der Waals surface area (Å²) in [4.78, 5) is 24.9.